The number of rotatable bonds is 3. The normalized spacial score (nSPS) is 10.1. The quantitative estimate of drug-likeness (QED) is 0.644. The van der Waals surface area contributed by atoms with Crippen LogP contribution in [-0.2, 0) is 11.3 Å². The second-order valence-electron chi connectivity index (χ2n) is 4.26. The Hall–Kier alpha value is -2.21. The Morgan fingerprint density at radius 3 is 2.60 bits per heavy atom. The molecule has 0 aliphatic heterocycles. The fourth-order valence-corrected chi connectivity index (χ4v) is 2.36. The van der Waals surface area contributed by atoms with Crippen molar-refractivity contribution in [3.8, 4) is 0 Å². The monoisotopic (exact) mass is 290 g/mol. The van der Waals surface area contributed by atoms with Crippen LogP contribution in [-0.4, -0.2) is 29.0 Å². The first-order valence-electron chi connectivity index (χ1n) is 5.99. The van der Waals surface area contributed by atoms with Gasteiger partial charge in [-0.15, -0.1) is 11.3 Å². The maximum Gasteiger partial charge on any atom is 0.417 e. The van der Waals surface area contributed by atoms with Gasteiger partial charge in [0.25, 0.3) is 0 Å². The number of thiazole rings is 1. The molecule has 20 heavy (non-hydrogen) atoms. The Balaban J connectivity index is 1.93. The van der Waals surface area contributed by atoms with Crippen molar-refractivity contribution >= 4 is 23.4 Å². The Morgan fingerprint density at radius 2 is 2.00 bits per heavy atom. The molecule has 0 N–H and O–H groups in total. The van der Waals surface area contributed by atoms with Crippen molar-refractivity contribution in [1.82, 2.24) is 9.88 Å². The smallest absolute Gasteiger partial charge is 0.372 e. The van der Waals surface area contributed by atoms with Gasteiger partial charge in [-0.3, -0.25) is 0 Å². The topological polar surface area (TPSA) is 59.5 Å². The number of carbonyl (C=O) groups is 2. The van der Waals surface area contributed by atoms with Gasteiger partial charge in [0.05, 0.1) is 12.1 Å². The third-order valence-electron chi connectivity index (χ3n) is 2.54. The van der Waals surface area contributed by atoms with E-state index in [4.69, 9.17) is 4.74 Å². The van der Waals surface area contributed by atoms with Crippen molar-refractivity contribution < 1.29 is 14.3 Å². The summed E-state index contributed by atoms with van der Waals surface area (Å²) in [6.07, 6.45) is -0.688. The lowest BCUT2D eigenvalue weighted by atomic mass is 10.2. The van der Waals surface area contributed by atoms with Gasteiger partial charge in [0.15, 0.2) is 0 Å². The van der Waals surface area contributed by atoms with Crippen LogP contribution < -0.4 is 0 Å². The third kappa shape index (κ3) is 3.64. The summed E-state index contributed by atoms with van der Waals surface area (Å²) < 4.78 is 4.80. The molecule has 1 amide bonds. The van der Waals surface area contributed by atoms with E-state index in [0.29, 0.717) is 12.1 Å². The second-order valence-corrected chi connectivity index (χ2v) is 5.20. The van der Waals surface area contributed by atoms with Gasteiger partial charge in [-0.2, -0.15) is 0 Å². The summed E-state index contributed by atoms with van der Waals surface area (Å²) in [5.41, 5.74) is 1.26. The molecular weight excluding hydrogens is 276 g/mol. The number of nitrogens with zero attached hydrogens (tertiary/aromatic N) is 2. The predicted octanol–water partition coefficient (Wildman–Crippen LogP) is 2.86. The summed E-state index contributed by atoms with van der Waals surface area (Å²) in [7, 11) is 1.57. The number of esters is 1. The molecule has 0 aliphatic rings. The predicted molar refractivity (Wildman–Crippen MR) is 75.6 cm³/mol. The summed E-state index contributed by atoms with van der Waals surface area (Å²) in [4.78, 5) is 29.1. The molecule has 2 rings (SSSR count). The van der Waals surface area contributed by atoms with Crippen LogP contribution in [0.1, 0.15) is 21.1 Å². The van der Waals surface area contributed by atoms with Gasteiger partial charge in [-0.05, 0) is 19.1 Å². The maximum atomic E-state index is 11.8. The molecule has 104 valence electrons. The Morgan fingerprint density at radius 1 is 1.30 bits per heavy atom. The molecule has 0 saturated heterocycles. The van der Waals surface area contributed by atoms with Gasteiger partial charge in [-0.1, -0.05) is 18.2 Å². The van der Waals surface area contributed by atoms with Gasteiger partial charge < -0.3 is 9.64 Å². The van der Waals surface area contributed by atoms with Crippen molar-refractivity contribution in [2.45, 2.75) is 13.5 Å². The molecule has 0 radical (unpaired) electrons. The van der Waals surface area contributed by atoms with Crippen molar-refractivity contribution in [3.05, 3.63) is 52.0 Å². The first-order valence-corrected chi connectivity index (χ1v) is 6.87. The highest BCUT2D eigenvalue weighted by molar-refractivity contribution is 7.09. The fraction of sp³-hybridized carbons (Fsp3) is 0.214. The lowest BCUT2D eigenvalue weighted by Crippen LogP contribution is -2.29. The molecule has 0 bridgehead atoms. The molecule has 6 heteroatoms. The number of carbonyl (C=O) groups excluding carboxylic acids is 2. The number of hydrogen-bond donors (Lipinski definition) is 0. The molecule has 0 saturated carbocycles. The molecular formula is C14H14N2O3S. The molecule has 2 aromatic rings. The van der Waals surface area contributed by atoms with Crippen LogP contribution in [0.3, 0.4) is 0 Å². The molecule has 0 fully saturated rings. The molecule has 5 nitrogen and oxygen atoms in total. The molecule has 0 spiro atoms. The molecule has 1 aromatic carbocycles. The number of aryl methyl sites for hydroxylation is 1. The van der Waals surface area contributed by atoms with E-state index in [1.807, 2.05) is 12.3 Å². The van der Waals surface area contributed by atoms with E-state index in [9.17, 15) is 9.59 Å². The van der Waals surface area contributed by atoms with Gasteiger partial charge in [0.1, 0.15) is 5.01 Å². The van der Waals surface area contributed by atoms with Crippen LogP contribution in [0.4, 0.5) is 4.79 Å². The highest BCUT2D eigenvalue weighted by Crippen LogP contribution is 2.11. The average Bonchev–Trinajstić information content (AvgIpc) is 2.85. The lowest BCUT2D eigenvalue weighted by molar-refractivity contribution is 0.0554. The van der Waals surface area contributed by atoms with Crippen LogP contribution in [0.2, 0.25) is 0 Å². The van der Waals surface area contributed by atoms with Gasteiger partial charge in [-0.25, -0.2) is 14.6 Å². The number of benzene rings is 1. The van der Waals surface area contributed by atoms with E-state index in [1.54, 1.807) is 37.4 Å². The van der Waals surface area contributed by atoms with Gasteiger partial charge >= 0.3 is 12.1 Å². The molecule has 0 aliphatic carbocycles. The second kappa shape index (κ2) is 6.29. The summed E-state index contributed by atoms with van der Waals surface area (Å²) >= 11 is 1.47. The van der Waals surface area contributed by atoms with Gasteiger partial charge in [0, 0.05) is 18.1 Å². The van der Waals surface area contributed by atoms with Crippen molar-refractivity contribution in [2.75, 3.05) is 7.05 Å². The van der Waals surface area contributed by atoms with Crippen LogP contribution in [0.25, 0.3) is 0 Å². The van der Waals surface area contributed by atoms with Crippen molar-refractivity contribution in [3.63, 3.8) is 0 Å². The minimum absolute atomic E-state index is 0.319. The minimum atomic E-state index is -0.688. The van der Waals surface area contributed by atoms with E-state index >= 15 is 0 Å². The largest absolute Gasteiger partial charge is 0.417 e. The van der Waals surface area contributed by atoms with E-state index in [2.05, 4.69) is 4.98 Å². The van der Waals surface area contributed by atoms with E-state index < -0.39 is 12.1 Å². The van der Waals surface area contributed by atoms with Crippen LogP contribution in [0.5, 0.6) is 0 Å². The van der Waals surface area contributed by atoms with E-state index in [1.165, 1.54) is 16.2 Å². The number of hydrogen-bond acceptors (Lipinski definition) is 5. The van der Waals surface area contributed by atoms with Crippen LogP contribution >= 0.6 is 11.3 Å². The Kier molecular flexibility index (Phi) is 4.47. The first-order chi connectivity index (χ1) is 9.56. The molecule has 0 unspecified atom stereocenters. The van der Waals surface area contributed by atoms with Crippen LogP contribution in [0.15, 0.2) is 35.7 Å². The maximum absolute atomic E-state index is 11.8. The first kappa shape index (κ1) is 14.2. The molecule has 1 aromatic heterocycles. The average molecular weight is 290 g/mol. The van der Waals surface area contributed by atoms with Crippen LogP contribution in [0, 0.1) is 6.92 Å². The summed E-state index contributed by atoms with van der Waals surface area (Å²) in [5.74, 6) is -0.655. The zero-order valence-electron chi connectivity index (χ0n) is 11.2. The highest BCUT2D eigenvalue weighted by Gasteiger charge is 2.17. The van der Waals surface area contributed by atoms with E-state index in [-0.39, 0.29) is 0 Å². The fourth-order valence-electron chi connectivity index (χ4n) is 1.53. The van der Waals surface area contributed by atoms with E-state index in [0.717, 1.165) is 10.7 Å². The summed E-state index contributed by atoms with van der Waals surface area (Å²) in [5, 5.41) is 2.71. The van der Waals surface area contributed by atoms with Crippen molar-refractivity contribution in [1.29, 1.82) is 0 Å². The van der Waals surface area contributed by atoms with Crippen molar-refractivity contribution in [2.24, 2.45) is 0 Å². The zero-order valence-corrected chi connectivity index (χ0v) is 12.0. The lowest BCUT2D eigenvalue weighted by Gasteiger charge is -2.14. The number of amides is 1. The molecule has 1 heterocycles. The summed E-state index contributed by atoms with van der Waals surface area (Å²) in [6.45, 7) is 2.21. The summed E-state index contributed by atoms with van der Waals surface area (Å²) in [6, 6.07) is 8.40. The molecule has 0 atom stereocenters. The third-order valence-corrected chi connectivity index (χ3v) is 3.49. The zero-order chi connectivity index (χ0) is 14.5. The standard InChI is InChI=1S/C14H14N2O3S/c1-10-9-20-12(15-10)8-16(2)14(18)19-13(17)11-6-4-3-5-7-11/h3-7,9H,8H2,1-2H3. The Bertz CT molecular complexity index is 610. The van der Waals surface area contributed by atoms with Gasteiger partial charge in [0.2, 0.25) is 0 Å². The Labute approximate surface area is 120 Å². The highest BCUT2D eigenvalue weighted by atomic mass is 32.1. The minimum Gasteiger partial charge on any atom is -0.372 e. The number of aromatic nitrogens is 1. The SMILES string of the molecule is Cc1csc(CN(C)C(=O)OC(=O)c2ccccc2)n1. The number of ether oxygens (including phenoxy) is 1.